The van der Waals surface area contributed by atoms with Crippen molar-refractivity contribution in [3.8, 4) is 0 Å². The Morgan fingerprint density at radius 1 is 1.27 bits per heavy atom. The number of furan rings is 1. The molecule has 8 heteroatoms. The van der Waals surface area contributed by atoms with Gasteiger partial charge in [0.05, 0.1) is 12.5 Å². The Balaban J connectivity index is 1.58. The smallest absolute Gasteiger partial charge is 0.371 e. The zero-order chi connectivity index (χ0) is 18.7. The van der Waals surface area contributed by atoms with Gasteiger partial charge in [0, 0.05) is 23.5 Å². The van der Waals surface area contributed by atoms with Gasteiger partial charge in [-0.25, -0.2) is 4.79 Å². The number of benzene rings is 1. The number of carboxylic acid groups (broad SMARTS) is 1. The van der Waals surface area contributed by atoms with Crippen molar-refractivity contribution in [3.05, 3.63) is 47.9 Å². The molecule has 0 saturated carbocycles. The predicted octanol–water partition coefficient (Wildman–Crippen LogP) is 2.37. The minimum Gasteiger partial charge on any atom is -0.475 e. The highest BCUT2D eigenvalue weighted by atomic mass is 32.2. The van der Waals surface area contributed by atoms with Gasteiger partial charge in [-0.3, -0.25) is 9.59 Å². The number of carbonyl (C=O) groups is 3. The first-order valence-electron chi connectivity index (χ1n) is 8.02. The van der Waals surface area contributed by atoms with E-state index in [4.69, 9.17) is 9.52 Å². The van der Waals surface area contributed by atoms with E-state index in [1.807, 2.05) is 30.5 Å². The molecule has 1 atom stereocenters. The van der Waals surface area contributed by atoms with Gasteiger partial charge in [0.1, 0.15) is 5.76 Å². The first kappa shape index (κ1) is 18.1. The number of hydrogen-bond donors (Lipinski definition) is 2. The van der Waals surface area contributed by atoms with Crippen LogP contribution < -0.4 is 10.2 Å². The molecule has 0 spiro atoms. The summed E-state index contributed by atoms with van der Waals surface area (Å²) in [5, 5.41) is 11.5. The summed E-state index contributed by atoms with van der Waals surface area (Å²) in [7, 11) is 0. The molecule has 1 aliphatic heterocycles. The highest BCUT2D eigenvalue weighted by molar-refractivity contribution is 7.98. The number of amides is 2. The van der Waals surface area contributed by atoms with E-state index in [9.17, 15) is 14.4 Å². The van der Waals surface area contributed by atoms with Crippen LogP contribution in [0.25, 0.3) is 0 Å². The molecule has 1 fully saturated rings. The monoisotopic (exact) mass is 374 g/mol. The van der Waals surface area contributed by atoms with Crippen molar-refractivity contribution in [2.45, 2.75) is 17.9 Å². The van der Waals surface area contributed by atoms with Crippen molar-refractivity contribution in [1.29, 1.82) is 0 Å². The molecule has 2 amide bonds. The lowest BCUT2D eigenvalue weighted by molar-refractivity contribution is -0.126. The minimum atomic E-state index is -1.16. The second-order valence-corrected chi connectivity index (χ2v) is 6.77. The quantitative estimate of drug-likeness (QED) is 0.753. The Bertz CT molecular complexity index is 830. The SMILES string of the molecule is CSc1ccc(N2CC(C(=O)NCc3ccc(C(=O)O)o3)CC2=O)cc1. The molecule has 1 aromatic carbocycles. The van der Waals surface area contributed by atoms with Crippen molar-refractivity contribution in [1.82, 2.24) is 5.32 Å². The number of thioether (sulfide) groups is 1. The maximum atomic E-state index is 12.3. The van der Waals surface area contributed by atoms with E-state index in [0.717, 1.165) is 10.6 Å². The number of nitrogens with one attached hydrogen (secondary N) is 1. The fourth-order valence-electron chi connectivity index (χ4n) is 2.80. The molecule has 0 aliphatic carbocycles. The van der Waals surface area contributed by atoms with E-state index in [0.29, 0.717) is 12.3 Å². The van der Waals surface area contributed by atoms with Crippen LogP contribution in [0.5, 0.6) is 0 Å². The van der Waals surface area contributed by atoms with E-state index in [1.165, 1.54) is 12.1 Å². The molecule has 136 valence electrons. The molecule has 1 unspecified atom stereocenters. The van der Waals surface area contributed by atoms with Crippen LogP contribution in [0.4, 0.5) is 5.69 Å². The Kier molecular flexibility index (Phi) is 5.32. The lowest BCUT2D eigenvalue weighted by Gasteiger charge is -2.17. The van der Waals surface area contributed by atoms with Crippen LogP contribution in [0.1, 0.15) is 22.7 Å². The van der Waals surface area contributed by atoms with Gasteiger partial charge in [-0.05, 0) is 42.7 Å². The van der Waals surface area contributed by atoms with Crippen LogP contribution in [0.15, 0.2) is 45.7 Å². The molecule has 2 heterocycles. The van der Waals surface area contributed by atoms with Gasteiger partial charge >= 0.3 is 5.97 Å². The Labute approximate surface area is 154 Å². The summed E-state index contributed by atoms with van der Waals surface area (Å²) in [5.74, 6) is -1.78. The van der Waals surface area contributed by atoms with Gasteiger partial charge in [0.25, 0.3) is 0 Å². The van der Waals surface area contributed by atoms with Gasteiger partial charge in [-0.1, -0.05) is 0 Å². The average Bonchev–Trinajstić information content (AvgIpc) is 3.27. The summed E-state index contributed by atoms with van der Waals surface area (Å²) in [6.45, 7) is 0.404. The lowest BCUT2D eigenvalue weighted by Crippen LogP contribution is -2.32. The number of carbonyl (C=O) groups excluding carboxylic acids is 2. The predicted molar refractivity (Wildman–Crippen MR) is 96.2 cm³/mol. The molecule has 2 N–H and O–H groups in total. The molecule has 0 bridgehead atoms. The van der Waals surface area contributed by atoms with Crippen LogP contribution in [0, 0.1) is 5.92 Å². The van der Waals surface area contributed by atoms with Crippen molar-refractivity contribution in [2.24, 2.45) is 5.92 Å². The van der Waals surface area contributed by atoms with E-state index < -0.39 is 11.9 Å². The molecule has 3 rings (SSSR count). The third-order valence-corrected chi connectivity index (χ3v) is 4.93. The summed E-state index contributed by atoms with van der Waals surface area (Å²) in [4.78, 5) is 38.1. The second kappa shape index (κ2) is 7.65. The highest BCUT2D eigenvalue weighted by Crippen LogP contribution is 2.27. The molecule has 26 heavy (non-hydrogen) atoms. The summed E-state index contributed by atoms with van der Waals surface area (Å²) in [5.41, 5.74) is 0.778. The fraction of sp³-hybridized carbons (Fsp3) is 0.278. The van der Waals surface area contributed by atoms with Crippen molar-refractivity contribution in [2.75, 3.05) is 17.7 Å². The van der Waals surface area contributed by atoms with Gasteiger partial charge in [0.2, 0.25) is 17.6 Å². The molecule has 1 saturated heterocycles. The van der Waals surface area contributed by atoms with Crippen LogP contribution in [0.3, 0.4) is 0 Å². The molecule has 1 aliphatic rings. The van der Waals surface area contributed by atoms with Crippen LogP contribution >= 0.6 is 11.8 Å². The fourth-order valence-corrected chi connectivity index (χ4v) is 3.21. The summed E-state index contributed by atoms with van der Waals surface area (Å²) < 4.78 is 5.10. The minimum absolute atomic E-state index is 0.0826. The first-order chi connectivity index (χ1) is 12.5. The zero-order valence-corrected chi connectivity index (χ0v) is 14.9. The normalized spacial score (nSPS) is 16.7. The standard InChI is InChI=1S/C18H18N2O5S/c1-26-14-5-2-12(3-6-14)20-10-11(8-16(20)21)17(22)19-9-13-4-7-15(25-13)18(23)24/h2-7,11H,8-10H2,1H3,(H,19,22)(H,23,24). The van der Waals surface area contributed by atoms with Crippen molar-refractivity contribution in [3.63, 3.8) is 0 Å². The molecular weight excluding hydrogens is 356 g/mol. The molecule has 7 nitrogen and oxygen atoms in total. The number of hydrogen-bond acceptors (Lipinski definition) is 5. The number of carboxylic acids is 1. The van der Waals surface area contributed by atoms with Gasteiger partial charge in [-0.15, -0.1) is 11.8 Å². The maximum absolute atomic E-state index is 12.3. The largest absolute Gasteiger partial charge is 0.475 e. The highest BCUT2D eigenvalue weighted by Gasteiger charge is 2.35. The maximum Gasteiger partial charge on any atom is 0.371 e. The van der Waals surface area contributed by atoms with E-state index in [-0.39, 0.29) is 30.5 Å². The Hall–Kier alpha value is -2.74. The number of nitrogens with zero attached hydrogens (tertiary/aromatic N) is 1. The number of anilines is 1. The molecule has 1 aromatic heterocycles. The number of aromatic carboxylic acids is 1. The molecule has 0 radical (unpaired) electrons. The summed E-state index contributed by atoms with van der Waals surface area (Å²) in [6, 6.07) is 10.5. The van der Waals surface area contributed by atoms with Crippen molar-refractivity contribution >= 4 is 35.2 Å². The van der Waals surface area contributed by atoms with Crippen molar-refractivity contribution < 1.29 is 23.9 Å². The molecular formula is C18H18N2O5S. The topological polar surface area (TPSA) is 99.8 Å². The second-order valence-electron chi connectivity index (χ2n) is 5.89. The number of rotatable bonds is 6. The average molecular weight is 374 g/mol. The Morgan fingerprint density at radius 3 is 2.62 bits per heavy atom. The van der Waals surface area contributed by atoms with Gasteiger partial charge in [0.15, 0.2) is 0 Å². The van der Waals surface area contributed by atoms with E-state index >= 15 is 0 Å². The third kappa shape index (κ3) is 3.91. The summed E-state index contributed by atoms with van der Waals surface area (Å²) in [6.07, 6.45) is 2.13. The van der Waals surface area contributed by atoms with Crippen LogP contribution in [-0.2, 0) is 16.1 Å². The molecule has 2 aromatic rings. The summed E-state index contributed by atoms with van der Waals surface area (Å²) >= 11 is 1.62. The zero-order valence-electron chi connectivity index (χ0n) is 14.1. The van der Waals surface area contributed by atoms with E-state index in [1.54, 1.807) is 16.7 Å². The van der Waals surface area contributed by atoms with Crippen LogP contribution in [0.2, 0.25) is 0 Å². The van der Waals surface area contributed by atoms with Gasteiger partial charge in [-0.2, -0.15) is 0 Å². The van der Waals surface area contributed by atoms with E-state index in [2.05, 4.69) is 5.32 Å². The van der Waals surface area contributed by atoms with Gasteiger partial charge < -0.3 is 19.7 Å². The Morgan fingerprint density at radius 2 is 2.00 bits per heavy atom. The van der Waals surface area contributed by atoms with Crippen LogP contribution in [-0.4, -0.2) is 35.7 Å². The lowest BCUT2D eigenvalue weighted by atomic mass is 10.1. The third-order valence-electron chi connectivity index (χ3n) is 4.19. The first-order valence-corrected chi connectivity index (χ1v) is 9.24.